The molecule has 0 saturated carbocycles. The lowest BCUT2D eigenvalue weighted by Crippen LogP contribution is -2.46. The average Bonchev–Trinajstić information content (AvgIpc) is 2.38. The molecule has 1 aliphatic heterocycles. The predicted octanol–water partition coefficient (Wildman–Crippen LogP) is 1.88. The van der Waals surface area contributed by atoms with Gasteiger partial charge in [0.15, 0.2) is 0 Å². The van der Waals surface area contributed by atoms with Gasteiger partial charge in [0.1, 0.15) is 11.6 Å². The van der Waals surface area contributed by atoms with Gasteiger partial charge in [-0.1, -0.05) is 13.8 Å². The van der Waals surface area contributed by atoms with E-state index in [0.717, 1.165) is 62.9 Å². The summed E-state index contributed by atoms with van der Waals surface area (Å²) in [5, 5.41) is 0. The molecule has 1 aromatic rings. The van der Waals surface area contributed by atoms with Crippen molar-refractivity contribution in [1.29, 1.82) is 0 Å². The molecule has 1 aliphatic rings. The van der Waals surface area contributed by atoms with Gasteiger partial charge in [-0.3, -0.25) is 0 Å². The molecule has 1 saturated heterocycles. The van der Waals surface area contributed by atoms with Gasteiger partial charge < -0.3 is 9.80 Å². The number of hydrogen-bond donors (Lipinski definition) is 0. The minimum atomic E-state index is 0.976. The maximum Gasteiger partial charge on any atom is 0.132 e. The van der Waals surface area contributed by atoms with E-state index in [1.807, 2.05) is 0 Å². The van der Waals surface area contributed by atoms with Crippen molar-refractivity contribution in [3.63, 3.8) is 0 Å². The normalized spacial score (nSPS) is 17.2. The summed E-state index contributed by atoms with van der Waals surface area (Å²) in [6, 6.07) is 2.11. The lowest BCUT2D eigenvalue weighted by Gasteiger charge is -2.34. The van der Waals surface area contributed by atoms with Gasteiger partial charge in [-0.15, -0.1) is 0 Å². The van der Waals surface area contributed by atoms with E-state index in [4.69, 9.17) is 4.98 Å². The molecule has 0 atom stereocenters. The second kappa shape index (κ2) is 6.14. The van der Waals surface area contributed by atoms with Gasteiger partial charge in [0.05, 0.1) is 0 Å². The zero-order valence-electron chi connectivity index (χ0n) is 11.8. The molecule has 0 radical (unpaired) electrons. The quantitative estimate of drug-likeness (QED) is 0.814. The van der Waals surface area contributed by atoms with Crippen LogP contribution < -0.4 is 4.90 Å². The van der Waals surface area contributed by atoms with Crippen molar-refractivity contribution in [3.8, 4) is 0 Å². The fourth-order valence-corrected chi connectivity index (χ4v) is 2.40. The van der Waals surface area contributed by atoms with E-state index in [1.165, 1.54) is 0 Å². The van der Waals surface area contributed by atoms with Crippen LogP contribution in [0.25, 0.3) is 0 Å². The van der Waals surface area contributed by atoms with Crippen LogP contribution >= 0.6 is 0 Å². The molecule has 0 aromatic carbocycles. The first-order valence-corrected chi connectivity index (χ1v) is 7.04. The number of anilines is 1. The highest BCUT2D eigenvalue weighted by atomic mass is 15.3. The first-order valence-electron chi connectivity index (χ1n) is 7.04. The van der Waals surface area contributed by atoms with Crippen molar-refractivity contribution in [2.24, 2.45) is 0 Å². The molecule has 0 aliphatic carbocycles. The lowest BCUT2D eigenvalue weighted by molar-refractivity contribution is 0.270. The number of nitrogens with zero attached hydrogens (tertiary/aromatic N) is 4. The molecule has 0 bridgehead atoms. The highest BCUT2D eigenvalue weighted by molar-refractivity contribution is 5.40. The zero-order valence-corrected chi connectivity index (χ0v) is 11.8. The molecule has 100 valence electrons. The van der Waals surface area contributed by atoms with E-state index in [-0.39, 0.29) is 0 Å². The van der Waals surface area contributed by atoms with Crippen molar-refractivity contribution in [3.05, 3.63) is 17.6 Å². The Morgan fingerprint density at radius 2 is 1.83 bits per heavy atom. The molecule has 0 amide bonds. The monoisotopic (exact) mass is 248 g/mol. The summed E-state index contributed by atoms with van der Waals surface area (Å²) >= 11 is 0. The fraction of sp³-hybridized carbons (Fsp3) is 0.714. The van der Waals surface area contributed by atoms with Crippen molar-refractivity contribution < 1.29 is 0 Å². The first-order chi connectivity index (χ1) is 8.72. The van der Waals surface area contributed by atoms with Crippen LogP contribution in [-0.4, -0.2) is 47.6 Å². The summed E-state index contributed by atoms with van der Waals surface area (Å²) in [6.45, 7) is 12.1. The smallest absolute Gasteiger partial charge is 0.132 e. The summed E-state index contributed by atoms with van der Waals surface area (Å²) in [4.78, 5) is 14.1. The van der Waals surface area contributed by atoms with Crippen molar-refractivity contribution in [1.82, 2.24) is 14.9 Å². The molecule has 4 heteroatoms. The van der Waals surface area contributed by atoms with Gasteiger partial charge in [0.2, 0.25) is 0 Å². The Hall–Kier alpha value is -1.16. The summed E-state index contributed by atoms with van der Waals surface area (Å²) in [6.07, 6.45) is 2.08. The minimum absolute atomic E-state index is 0.976. The number of aryl methyl sites for hydroxylation is 2. The summed E-state index contributed by atoms with van der Waals surface area (Å²) in [5.41, 5.74) is 1.08. The topological polar surface area (TPSA) is 32.3 Å². The number of aromatic nitrogens is 2. The second-order valence-electron chi connectivity index (χ2n) is 4.96. The Labute approximate surface area is 110 Å². The van der Waals surface area contributed by atoms with Crippen LogP contribution in [0.4, 0.5) is 5.82 Å². The second-order valence-corrected chi connectivity index (χ2v) is 4.96. The molecule has 0 spiro atoms. The van der Waals surface area contributed by atoms with E-state index in [2.05, 4.69) is 41.6 Å². The predicted molar refractivity (Wildman–Crippen MR) is 75.1 cm³/mol. The van der Waals surface area contributed by atoms with Gasteiger partial charge in [-0.25, -0.2) is 9.97 Å². The minimum Gasteiger partial charge on any atom is -0.354 e. The maximum absolute atomic E-state index is 4.69. The Morgan fingerprint density at radius 3 is 2.44 bits per heavy atom. The van der Waals surface area contributed by atoms with E-state index in [1.54, 1.807) is 0 Å². The van der Waals surface area contributed by atoms with Gasteiger partial charge in [-0.2, -0.15) is 0 Å². The standard InChI is InChI=1S/C14H24N4/c1-4-6-13-15-12(3)11-14(16-13)18-9-7-17(5-2)8-10-18/h11H,4-10H2,1-3H3. The number of rotatable bonds is 4. The van der Waals surface area contributed by atoms with Gasteiger partial charge in [0, 0.05) is 44.4 Å². The molecule has 2 heterocycles. The molecule has 1 aromatic heterocycles. The Bertz CT molecular complexity index is 383. The Morgan fingerprint density at radius 1 is 1.11 bits per heavy atom. The lowest BCUT2D eigenvalue weighted by atomic mass is 10.2. The van der Waals surface area contributed by atoms with E-state index in [9.17, 15) is 0 Å². The van der Waals surface area contributed by atoms with Crippen LogP contribution in [0.15, 0.2) is 6.07 Å². The van der Waals surface area contributed by atoms with Gasteiger partial charge in [-0.05, 0) is 19.9 Å². The SMILES string of the molecule is CCCc1nc(C)cc(N2CCN(CC)CC2)n1. The van der Waals surface area contributed by atoms with Crippen molar-refractivity contribution in [2.45, 2.75) is 33.6 Å². The molecular weight excluding hydrogens is 224 g/mol. The molecule has 18 heavy (non-hydrogen) atoms. The average molecular weight is 248 g/mol. The molecular formula is C14H24N4. The van der Waals surface area contributed by atoms with Crippen LogP contribution in [0.3, 0.4) is 0 Å². The molecule has 0 N–H and O–H groups in total. The largest absolute Gasteiger partial charge is 0.354 e. The summed E-state index contributed by atoms with van der Waals surface area (Å²) < 4.78 is 0. The van der Waals surface area contributed by atoms with Crippen LogP contribution in [0, 0.1) is 6.92 Å². The van der Waals surface area contributed by atoms with Crippen molar-refractivity contribution >= 4 is 5.82 Å². The number of hydrogen-bond acceptors (Lipinski definition) is 4. The third kappa shape index (κ3) is 3.19. The van der Waals surface area contributed by atoms with E-state index in [0.29, 0.717) is 0 Å². The Balaban J connectivity index is 2.08. The fourth-order valence-electron chi connectivity index (χ4n) is 2.40. The molecule has 1 fully saturated rings. The van der Waals surface area contributed by atoms with Crippen LogP contribution in [0.1, 0.15) is 31.8 Å². The number of piperazine rings is 1. The molecule has 4 nitrogen and oxygen atoms in total. The highest BCUT2D eigenvalue weighted by Crippen LogP contribution is 2.15. The van der Waals surface area contributed by atoms with Gasteiger partial charge in [0.25, 0.3) is 0 Å². The number of likely N-dealkylation sites (N-methyl/N-ethyl adjacent to an activating group) is 1. The summed E-state index contributed by atoms with van der Waals surface area (Å²) in [7, 11) is 0. The van der Waals surface area contributed by atoms with Crippen LogP contribution in [0.5, 0.6) is 0 Å². The zero-order chi connectivity index (χ0) is 13.0. The molecule has 0 unspecified atom stereocenters. The van der Waals surface area contributed by atoms with Crippen LogP contribution in [0.2, 0.25) is 0 Å². The van der Waals surface area contributed by atoms with E-state index >= 15 is 0 Å². The van der Waals surface area contributed by atoms with Gasteiger partial charge >= 0.3 is 0 Å². The van der Waals surface area contributed by atoms with Crippen molar-refractivity contribution in [2.75, 3.05) is 37.6 Å². The highest BCUT2D eigenvalue weighted by Gasteiger charge is 2.17. The van der Waals surface area contributed by atoms with E-state index < -0.39 is 0 Å². The molecule has 2 rings (SSSR count). The van der Waals surface area contributed by atoms with Crippen LogP contribution in [-0.2, 0) is 6.42 Å². The third-order valence-corrected chi connectivity index (χ3v) is 3.50. The summed E-state index contributed by atoms with van der Waals surface area (Å²) in [5.74, 6) is 2.10. The third-order valence-electron chi connectivity index (χ3n) is 3.50. The maximum atomic E-state index is 4.69. The Kier molecular flexibility index (Phi) is 4.53. The first kappa shape index (κ1) is 13.3.